The van der Waals surface area contributed by atoms with Gasteiger partial charge in [-0.05, 0) is 47.6 Å². The van der Waals surface area contributed by atoms with E-state index in [1.807, 2.05) is 18.9 Å². The van der Waals surface area contributed by atoms with E-state index in [9.17, 15) is 4.39 Å². The molecule has 0 saturated carbocycles. The molecule has 0 saturated heterocycles. The summed E-state index contributed by atoms with van der Waals surface area (Å²) in [5.41, 5.74) is 1.02. The molecule has 84 valence electrons. The highest BCUT2D eigenvalue weighted by Crippen LogP contribution is 2.18. The topological polar surface area (TPSA) is 23.5 Å². The van der Waals surface area contributed by atoms with Crippen molar-refractivity contribution in [2.75, 3.05) is 13.7 Å². The van der Waals surface area contributed by atoms with Gasteiger partial charge in [-0.1, -0.05) is 6.07 Å². The molecular weight excluding hydrogens is 261 g/mol. The quantitative estimate of drug-likeness (QED) is 0.912. The Hall–Kier alpha value is -0.450. The minimum atomic E-state index is -0.253. The summed E-state index contributed by atoms with van der Waals surface area (Å²) in [7, 11) is 1.93. The van der Waals surface area contributed by atoms with Crippen LogP contribution < -0.4 is 0 Å². The normalized spacial score (nSPS) is 13.2. The first-order valence-corrected chi connectivity index (χ1v) is 5.59. The number of nitrogens with zero attached hydrogens (tertiary/aromatic N) is 1. The number of halogens is 2. The molecule has 0 aliphatic rings. The van der Waals surface area contributed by atoms with E-state index in [-0.39, 0.29) is 18.5 Å². The zero-order chi connectivity index (χ0) is 11.4. The van der Waals surface area contributed by atoms with Gasteiger partial charge in [-0.3, -0.25) is 4.90 Å². The van der Waals surface area contributed by atoms with E-state index >= 15 is 0 Å². The minimum absolute atomic E-state index is 0.105. The molecule has 0 aromatic heterocycles. The highest BCUT2D eigenvalue weighted by atomic mass is 79.9. The Labute approximate surface area is 97.8 Å². The number of hydrogen-bond donors (Lipinski definition) is 1. The molecule has 1 rings (SSSR count). The van der Waals surface area contributed by atoms with E-state index in [1.165, 1.54) is 6.07 Å². The number of benzene rings is 1. The van der Waals surface area contributed by atoms with Crippen LogP contribution in [0, 0.1) is 5.82 Å². The average molecular weight is 276 g/mol. The van der Waals surface area contributed by atoms with Crippen LogP contribution in [0.2, 0.25) is 0 Å². The average Bonchev–Trinajstić information content (AvgIpc) is 2.22. The van der Waals surface area contributed by atoms with E-state index in [0.29, 0.717) is 11.0 Å². The van der Waals surface area contributed by atoms with Gasteiger partial charge in [0.25, 0.3) is 0 Å². The predicted octanol–water partition coefficient (Wildman–Crippen LogP) is 2.40. The van der Waals surface area contributed by atoms with E-state index in [2.05, 4.69) is 15.9 Å². The molecule has 0 heterocycles. The summed E-state index contributed by atoms with van der Waals surface area (Å²) in [6.07, 6.45) is 0. The summed E-state index contributed by atoms with van der Waals surface area (Å²) in [6.45, 7) is 2.76. The third kappa shape index (κ3) is 3.55. The smallest absolute Gasteiger partial charge is 0.137 e. The lowest BCUT2D eigenvalue weighted by Crippen LogP contribution is -2.31. The zero-order valence-corrected chi connectivity index (χ0v) is 10.5. The molecule has 15 heavy (non-hydrogen) atoms. The maximum atomic E-state index is 13.0. The molecule has 0 radical (unpaired) electrons. The molecule has 1 aromatic rings. The predicted molar refractivity (Wildman–Crippen MR) is 62.1 cm³/mol. The SMILES string of the molecule is CC(CO)N(C)Cc1ccc(F)c(Br)c1. The molecular formula is C11H15BrFNO. The van der Waals surface area contributed by atoms with Gasteiger partial charge >= 0.3 is 0 Å². The van der Waals surface area contributed by atoms with Crippen LogP contribution in [0.1, 0.15) is 12.5 Å². The molecule has 0 spiro atoms. The maximum Gasteiger partial charge on any atom is 0.137 e. The van der Waals surface area contributed by atoms with Crippen molar-refractivity contribution in [2.24, 2.45) is 0 Å². The highest BCUT2D eigenvalue weighted by Gasteiger charge is 2.09. The van der Waals surface area contributed by atoms with Gasteiger partial charge in [0, 0.05) is 12.6 Å². The summed E-state index contributed by atoms with van der Waals surface area (Å²) in [4.78, 5) is 2.01. The largest absolute Gasteiger partial charge is 0.395 e. The first kappa shape index (κ1) is 12.6. The first-order chi connectivity index (χ1) is 7.04. The summed E-state index contributed by atoms with van der Waals surface area (Å²) in [5, 5.41) is 8.97. The van der Waals surface area contributed by atoms with Gasteiger partial charge in [0.2, 0.25) is 0 Å². The maximum absolute atomic E-state index is 13.0. The molecule has 0 aliphatic heterocycles. The third-order valence-electron chi connectivity index (χ3n) is 2.43. The molecule has 4 heteroatoms. The van der Waals surface area contributed by atoms with E-state index in [0.717, 1.165) is 5.56 Å². The lowest BCUT2D eigenvalue weighted by atomic mass is 10.2. The fourth-order valence-electron chi connectivity index (χ4n) is 1.22. The Balaban J connectivity index is 2.68. The molecule has 1 aromatic carbocycles. The van der Waals surface area contributed by atoms with Crippen molar-refractivity contribution in [1.29, 1.82) is 0 Å². The monoisotopic (exact) mass is 275 g/mol. The molecule has 0 bridgehead atoms. The third-order valence-corrected chi connectivity index (χ3v) is 3.04. The summed E-state index contributed by atoms with van der Waals surface area (Å²) in [5.74, 6) is -0.253. The van der Waals surface area contributed by atoms with Crippen LogP contribution in [0.15, 0.2) is 22.7 Å². The second-order valence-electron chi connectivity index (χ2n) is 3.70. The van der Waals surface area contributed by atoms with Gasteiger partial charge in [-0.25, -0.2) is 4.39 Å². The van der Waals surface area contributed by atoms with Gasteiger partial charge in [-0.2, -0.15) is 0 Å². The van der Waals surface area contributed by atoms with Crippen molar-refractivity contribution in [3.05, 3.63) is 34.1 Å². The number of likely N-dealkylation sites (N-methyl/N-ethyl adjacent to an activating group) is 1. The second-order valence-corrected chi connectivity index (χ2v) is 4.55. The Morgan fingerprint density at radius 1 is 1.53 bits per heavy atom. The zero-order valence-electron chi connectivity index (χ0n) is 8.87. The highest BCUT2D eigenvalue weighted by molar-refractivity contribution is 9.10. The van der Waals surface area contributed by atoms with Crippen LogP contribution in [-0.2, 0) is 6.54 Å². The standard InChI is InChI=1S/C11H15BrFNO/c1-8(7-15)14(2)6-9-3-4-11(13)10(12)5-9/h3-5,8,15H,6-7H2,1-2H3. The summed E-state index contributed by atoms with van der Waals surface area (Å²) < 4.78 is 13.4. The number of aliphatic hydroxyl groups is 1. The lowest BCUT2D eigenvalue weighted by molar-refractivity contribution is 0.154. The Morgan fingerprint density at radius 3 is 2.73 bits per heavy atom. The Kier molecular flexibility index (Phi) is 4.70. The molecule has 1 unspecified atom stereocenters. The fourth-order valence-corrected chi connectivity index (χ4v) is 1.65. The van der Waals surface area contributed by atoms with Gasteiger partial charge in [-0.15, -0.1) is 0 Å². The Bertz CT molecular complexity index is 332. The summed E-state index contributed by atoms with van der Waals surface area (Å²) >= 11 is 3.15. The second kappa shape index (κ2) is 5.58. The van der Waals surface area contributed by atoms with Crippen LogP contribution in [0.3, 0.4) is 0 Å². The van der Waals surface area contributed by atoms with Crippen molar-refractivity contribution >= 4 is 15.9 Å². The number of hydrogen-bond acceptors (Lipinski definition) is 2. The van der Waals surface area contributed by atoms with Crippen LogP contribution in [-0.4, -0.2) is 29.7 Å². The van der Waals surface area contributed by atoms with Crippen LogP contribution in [0.5, 0.6) is 0 Å². The van der Waals surface area contributed by atoms with E-state index < -0.39 is 0 Å². The first-order valence-electron chi connectivity index (χ1n) is 4.79. The van der Waals surface area contributed by atoms with Gasteiger partial charge < -0.3 is 5.11 Å². The summed E-state index contributed by atoms with van der Waals surface area (Å²) in [6, 6.07) is 5.06. The number of rotatable bonds is 4. The van der Waals surface area contributed by atoms with E-state index in [1.54, 1.807) is 12.1 Å². The minimum Gasteiger partial charge on any atom is -0.395 e. The fraction of sp³-hybridized carbons (Fsp3) is 0.455. The van der Waals surface area contributed by atoms with Crippen molar-refractivity contribution in [3.8, 4) is 0 Å². The number of aliphatic hydroxyl groups excluding tert-OH is 1. The van der Waals surface area contributed by atoms with Gasteiger partial charge in [0.15, 0.2) is 0 Å². The lowest BCUT2D eigenvalue weighted by Gasteiger charge is -2.22. The van der Waals surface area contributed by atoms with Crippen LogP contribution in [0.4, 0.5) is 4.39 Å². The van der Waals surface area contributed by atoms with Gasteiger partial charge in [0.05, 0.1) is 11.1 Å². The van der Waals surface area contributed by atoms with Crippen molar-refractivity contribution < 1.29 is 9.50 Å². The van der Waals surface area contributed by atoms with Crippen LogP contribution >= 0.6 is 15.9 Å². The molecule has 0 aliphatic carbocycles. The van der Waals surface area contributed by atoms with E-state index in [4.69, 9.17) is 5.11 Å². The Morgan fingerprint density at radius 2 is 2.20 bits per heavy atom. The molecule has 1 N–H and O–H groups in total. The molecule has 2 nitrogen and oxygen atoms in total. The van der Waals surface area contributed by atoms with Crippen molar-refractivity contribution in [1.82, 2.24) is 4.90 Å². The molecule has 0 fully saturated rings. The van der Waals surface area contributed by atoms with Crippen molar-refractivity contribution in [2.45, 2.75) is 19.5 Å². The molecule has 0 amide bonds. The molecule has 1 atom stereocenters. The van der Waals surface area contributed by atoms with Crippen molar-refractivity contribution in [3.63, 3.8) is 0 Å². The van der Waals surface area contributed by atoms with Gasteiger partial charge in [0.1, 0.15) is 5.82 Å². The van der Waals surface area contributed by atoms with Crippen LogP contribution in [0.25, 0.3) is 0 Å².